The Morgan fingerprint density at radius 2 is 1.14 bits per heavy atom. The van der Waals surface area contributed by atoms with Crippen LogP contribution in [0.3, 0.4) is 0 Å². The molecule has 15 heteroatoms. The first kappa shape index (κ1) is 38.3. The number of rotatable bonds is 19. The van der Waals surface area contributed by atoms with E-state index in [-0.39, 0.29) is 45.0 Å². The second-order valence-electron chi connectivity index (χ2n) is 13.9. The van der Waals surface area contributed by atoms with Gasteiger partial charge in [-0.2, -0.15) is 0 Å². The minimum absolute atomic E-state index is 0.00170. The van der Waals surface area contributed by atoms with Gasteiger partial charge in [0.1, 0.15) is 11.8 Å². The van der Waals surface area contributed by atoms with E-state index in [1.165, 1.54) is 6.33 Å². The molecule has 1 N–H and O–H groups in total. The van der Waals surface area contributed by atoms with E-state index in [4.69, 9.17) is 27.1 Å². The summed E-state index contributed by atoms with van der Waals surface area (Å²) in [6.45, 7) is -0.0452. The van der Waals surface area contributed by atoms with Crippen LogP contribution in [-0.2, 0) is 62.7 Å². The summed E-state index contributed by atoms with van der Waals surface area (Å²) in [6.07, 6.45) is 3.51. The fourth-order valence-electron chi connectivity index (χ4n) is 7.33. The number of aromatic nitrogens is 4. The molecule has 2 aromatic heterocycles. The van der Waals surface area contributed by atoms with E-state index in [1.54, 1.807) is 13.4 Å². The molecule has 0 saturated heterocycles. The lowest BCUT2D eigenvalue weighted by molar-refractivity contribution is 0.0164. The van der Waals surface area contributed by atoms with Crippen molar-refractivity contribution in [2.24, 2.45) is 11.3 Å². The molecule has 290 valence electrons. The quantitative estimate of drug-likeness (QED) is 0.0780. The van der Waals surface area contributed by atoms with Crippen molar-refractivity contribution in [3.63, 3.8) is 0 Å². The Labute approximate surface area is 325 Å². The highest BCUT2D eigenvalue weighted by molar-refractivity contribution is 7.48. The summed E-state index contributed by atoms with van der Waals surface area (Å²) in [5.74, 6) is 0.538. The molecule has 2 heterocycles. The van der Waals surface area contributed by atoms with E-state index < -0.39 is 27.2 Å². The van der Waals surface area contributed by atoms with E-state index >= 15 is 0 Å². The van der Waals surface area contributed by atoms with Crippen molar-refractivity contribution in [1.29, 1.82) is 0 Å². The molecule has 13 nitrogen and oxygen atoms in total. The lowest BCUT2D eigenvalue weighted by Gasteiger charge is -2.29. The lowest BCUT2D eigenvalue weighted by atomic mass is 10.0. The van der Waals surface area contributed by atoms with Crippen molar-refractivity contribution in [2.75, 3.05) is 19.0 Å². The maximum absolute atomic E-state index is 14.8. The standard InChI is InChI=1S/C41H43N5O8P2/c1-42-39-38-40(44-29-43-39)46(30-45-38)36-22-37(54-56(48,51-26-33-18-10-4-11-19-33)52-27-34-20-12-5-13-21-34)41(23-35(36)41)28-53-55(47,49-24-31-14-6-2-7-15-31)50-25-32-16-8-3-9-17-32/h2-21,29-30,35-37H,22-28H2,1H3,(H,42,43,44)/t35-,36+,37+,41?/m1/s1. The van der Waals surface area contributed by atoms with Gasteiger partial charge >= 0.3 is 15.6 Å². The Balaban J connectivity index is 1.09. The van der Waals surface area contributed by atoms with Crippen molar-refractivity contribution in [2.45, 2.75) is 51.4 Å². The maximum Gasteiger partial charge on any atom is 0.475 e. The van der Waals surface area contributed by atoms with Gasteiger partial charge in [-0.3, -0.25) is 27.1 Å². The molecule has 2 fully saturated rings. The van der Waals surface area contributed by atoms with Gasteiger partial charge < -0.3 is 9.88 Å². The summed E-state index contributed by atoms with van der Waals surface area (Å²) in [5.41, 5.74) is 3.75. The molecule has 2 aliphatic rings. The topological polar surface area (TPSA) is 145 Å². The first-order chi connectivity index (χ1) is 27.4. The highest BCUT2D eigenvalue weighted by atomic mass is 31.2. The third-order valence-electron chi connectivity index (χ3n) is 10.4. The zero-order valence-electron chi connectivity index (χ0n) is 30.8. The fourth-order valence-corrected chi connectivity index (χ4v) is 9.98. The van der Waals surface area contributed by atoms with Crippen molar-refractivity contribution in [3.05, 3.63) is 156 Å². The molecule has 2 aliphatic carbocycles. The molecule has 6 aromatic rings. The predicted octanol–water partition coefficient (Wildman–Crippen LogP) is 9.30. The second-order valence-corrected chi connectivity index (χ2v) is 17.2. The van der Waals surface area contributed by atoms with Crippen molar-refractivity contribution < 1.29 is 36.3 Å². The molecule has 0 radical (unpaired) electrons. The van der Waals surface area contributed by atoms with Crippen molar-refractivity contribution >= 4 is 32.6 Å². The third-order valence-corrected chi connectivity index (χ3v) is 13.1. The normalized spacial score (nSPS) is 20.6. The first-order valence-corrected chi connectivity index (χ1v) is 21.4. The minimum atomic E-state index is -4.23. The monoisotopic (exact) mass is 795 g/mol. The van der Waals surface area contributed by atoms with Gasteiger partial charge in [0.15, 0.2) is 11.5 Å². The zero-order chi connectivity index (χ0) is 38.4. The van der Waals surface area contributed by atoms with Crippen LogP contribution in [0.15, 0.2) is 134 Å². The van der Waals surface area contributed by atoms with Crippen LogP contribution < -0.4 is 5.32 Å². The largest absolute Gasteiger partial charge is 0.475 e. The van der Waals surface area contributed by atoms with Gasteiger partial charge in [-0.1, -0.05) is 121 Å². The lowest BCUT2D eigenvalue weighted by Crippen LogP contribution is -2.27. The number of fused-ring (bicyclic) bond motifs is 2. The second kappa shape index (κ2) is 16.9. The number of nitrogens with zero attached hydrogens (tertiary/aromatic N) is 4. The Morgan fingerprint density at radius 1 is 0.661 bits per heavy atom. The highest BCUT2D eigenvalue weighted by Crippen LogP contribution is 2.72. The van der Waals surface area contributed by atoms with Gasteiger partial charge in [-0.15, -0.1) is 0 Å². The number of phosphoric acid groups is 2. The van der Waals surface area contributed by atoms with Crippen LogP contribution in [0.1, 0.15) is 41.1 Å². The molecule has 56 heavy (non-hydrogen) atoms. The molecule has 4 atom stereocenters. The zero-order valence-corrected chi connectivity index (χ0v) is 32.6. The van der Waals surface area contributed by atoms with Crippen LogP contribution in [0.25, 0.3) is 11.2 Å². The summed E-state index contributed by atoms with van der Waals surface area (Å²) in [7, 11) is -6.62. The molecule has 0 bridgehead atoms. The van der Waals surface area contributed by atoms with E-state index in [0.29, 0.717) is 29.8 Å². The van der Waals surface area contributed by atoms with Crippen molar-refractivity contribution in [1.82, 2.24) is 19.5 Å². The summed E-state index contributed by atoms with van der Waals surface area (Å²) >= 11 is 0. The number of hydrogen-bond donors (Lipinski definition) is 1. The van der Waals surface area contributed by atoms with Gasteiger partial charge in [0.2, 0.25) is 0 Å². The summed E-state index contributed by atoms with van der Waals surface area (Å²) < 4.78 is 68.3. The summed E-state index contributed by atoms with van der Waals surface area (Å²) in [6, 6.07) is 37.5. The number of nitrogens with one attached hydrogen (secondary N) is 1. The number of anilines is 1. The van der Waals surface area contributed by atoms with Crippen LogP contribution in [0.4, 0.5) is 5.82 Å². The Morgan fingerprint density at radius 3 is 1.62 bits per heavy atom. The summed E-state index contributed by atoms with van der Waals surface area (Å²) in [4.78, 5) is 13.5. The number of hydrogen-bond acceptors (Lipinski definition) is 12. The van der Waals surface area contributed by atoms with Crippen LogP contribution >= 0.6 is 15.6 Å². The Kier molecular flexibility index (Phi) is 11.6. The van der Waals surface area contributed by atoms with E-state index in [0.717, 1.165) is 22.3 Å². The molecular formula is C41H43N5O8P2. The fraction of sp³-hybridized carbons (Fsp3) is 0.293. The van der Waals surface area contributed by atoms with Gasteiger partial charge in [-0.25, -0.2) is 24.1 Å². The van der Waals surface area contributed by atoms with Crippen LogP contribution in [-0.4, -0.2) is 39.3 Å². The van der Waals surface area contributed by atoms with Crippen LogP contribution in [0, 0.1) is 11.3 Å². The van der Waals surface area contributed by atoms with E-state index in [9.17, 15) is 9.13 Å². The SMILES string of the molecule is CNc1ncnc2c1ncn2[C@H]1C[C@H](OP(=O)(OCc2ccccc2)OCc2ccccc2)C2(COP(=O)(OCc3ccccc3)OCc3ccccc3)C[C@H]12. The predicted molar refractivity (Wildman–Crippen MR) is 210 cm³/mol. The summed E-state index contributed by atoms with van der Waals surface area (Å²) in [5, 5.41) is 3.08. The maximum atomic E-state index is 14.8. The van der Waals surface area contributed by atoms with Crippen molar-refractivity contribution in [3.8, 4) is 0 Å². The average molecular weight is 796 g/mol. The highest BCUT2D eigenvalue weighted by Gasteiger charge is 2.70. The van der Waals surface area contributed by atoms with Gasteiger partial charge in [0, 0.05) is 18.5 Å². The number of benzene rings is 4. The molecule has 4 aromatic carbocycles. The van der Waals surface area contributed by atoms with Gasteiger partial charge in [-0.05, 0) is 41.0 Å². The Hall–Kier alpha value is -4.55. The number of phosphoric ester groups is 2. The average Bonchev–Trinajstić information content (AvgIpc) is 3.71. The van der Waals surface area contributed by atoms with Gasteiger partial charge in [0.05, 0.1) is 45.5 Å². The molecule has 0 amide bonds. The molecule has 1 unspecified atom stereocenters. The minimum Gasteiger partial charge on any atom is -0.371 e. The molecule has 0 aliphatic heterocycles. The smallest absolute Gasteiger partial charge is 0.371 e. The number of imidazole rings is 1. The van der Waals surface area contributed by atoms with E-state index in [1.807, 2.05) is 126 Å². The van der Waals surface area contributed by atoms with E-state index in [2.05, 4.69) is 20.3 Å². The molecule has 8 rings (SSSR count). The molecular weight excluding hydrogens is 752 g/mol. The van der Waals surface area contributed by atoms with Gasteiger partial charge in [0.25, 0.3) is 0 Å². The van der Waals surface area contributed by atoms with Crippen LogP contribution in [0.2, 0.25) is 0 Å². The molecule has 2 saturated carbocycles. The molecule has 0 spiro atoms. The first-order valence-electron chi connectivity index (χ1n) is 18.5. The Bertz CT molecular complexity index is 2210. The van der Waals surface area contributed by atoms with Crippen LogP contribution in [0.5, 0.6) is 0 Å². The third kappa shape index (κ3) is 8.71.